The van der Waals surface area contributed by atoms with Gasteiger partial charge in [0.05, 0.1) is 25.6 Å². The van der Waals surface area contributed by atoms with Gasteiger partial charge in [0.2, 0.25) is 0 Å². The van der Waals surface area contributed by atoms with Crippen molar-refractivity contribution in [3.8, 4) is 0 Å². The third-order valence-corrected chi connectivity index (χ3v) is 2.99. The van der Waals surface area contributed by atoms with Crippen LogP contribution in [0.25, 0.3) is 0 Å². The summed E-state index contributed by atoms with van der Waals surface area (Å²) in [5.41, 5.74) is 0.776. The molecule has 0 amide bonds. The van der Waals surface area contributed by atoms with E-state index in [0.29, 0.717) is 13.2 Å². The molecular weight excluding hydrogens is 292 g/mol. The molecule has 1 rings (SSSR count). The van der Waals surface area contributed by atoms with Gasteiger partial charge in [-0.25, -0.2) is 0 Å². The first-order valence-corrected chi connectivity index (χ1v) is 7.77. The normalized spacial score (nSPS) is 11.7. The van der Waals surface area contributed by atoms with Gasteiger partial charge in [-0.05, 0) is 17.4 Å². The maximum atomic E-state index is 12.3. The molecule has 0 bridgehead atoms. The van der Waals surface area contributed by atoms with Crippen molar-refractivity contribution in [2.45, 2.75) is 47.5 Å². The topological polar surface area (TPSA) is 52.6 Å². The molecule has 0 heterocycles. The van der Waals surface area contributed by atoms with Crippen molar-refractivity contribution in [3.63, 3.8) is 0 Å². The van der Waals surface area contributed by atoms with Crippen molar-refractivity contribution >= 4 is 11.9 Å². The van der Waals surface area contributed by atoms with Gasteiger partial charge < -0.3 is 9.47 Å². The molecule has 1 aromatic rings. The number of hydrogen-bond donors (Lipinski definition) is 0. The summed E-state index contributed by atoms with van der Waals surface area (Å²) in [7, 11) is 0. The Morgan fingerprint density at radius 2 is 1.43 bits per heavy atom. The van der Waals surface area contributed by atoms with Crippen molar-refractivity contribution in [2.75, 3.05) is 13.2 Å². The van der Waals surface area contributed by atoms with Gasteiger partial charge in [-0.2, -0.15) is 0 Å². The van der Waals surface area contributed by atoms with Crippen LogP contribution in [0.1, 0.15) is 53.0 Å². The Bertz CT molecular complexity index is 466. The molecule has 130 valence electrons. The van der Waals surface area contributed by atoms with E-state index in [1.165, 1.54) is 0 Å². The first-order chi connectivity index (χ1) is 10.4. The SMILES string of the molecule is C.CC(C)COC(=O)CC(C(=O)OCC(C)C)c1ccccc1. The minimum Gasteiger partial charge on any atom is -0.465 e. The van der Waals surface area contributed by atoms with Crippen molar-refractivity contribution < 1.29 is 19.1 Å². The van der Waals surface area contributed by atoms with E-state index in [4.69, 9.17) is 9.47 Å². The fourth-order valence-corrected chi connectivity index (χ4v) is 1.86. The molecule has 0 aliphatic rings. The Balaban J connectivity index is 0.00000484. The van der Waals surface area contributed by atoms with Crippen LogP contribution >= 0.6 is 0 Å². The molecule has 0 saturated heterocycles. The number of rotatable bonds is 8. The molecule has 1 aromatic carbocycles. The second kappa shape index (κ2) is 10.8. The molecule has 0 aromatic heterocycles. The van der Waals surface area contributed by atoms with E-state index in [0.717, 1.165) is 5.56 Å². The molecule has 0 N–H and O–H groups in total. The summed E-state index contributed by atoms with van der Waals surface area (Å²) in [4.78, 5) is 24.2. The van der Waals surface area contributed by atoms with Crippen LogP contribution in [-0.4, -0.2) is 25.2 Å². The van der Waals surface area contributed by atoms with Gasteiger partial charge in [0.1, 0.15) is 0 Å². The second-order valence-electron chi connectivity index (χ2n) is 6.27. The monoisotopic (exact) mass is 322 g/mol. The fourth-order valence-electron chi connectivity index (χ4n) is 1.86. The molecule has 1 atom stereocenters. The molecule has 0 aliphatic heterocycles. The number of hydrogen-bond acceptors (Lipinski definition) is 4. The summed E-state index contributed by atoms with van der Waals surface area (Å²) in [6.45, 7) is 8.60. The minimum atomic E-state index is -0.611. The van der Waals surface area contributed by atoms with Crippen LogP contribution in [-0.2, 0) is 19.1 Å². The summed E-state index contributed by atoms with van der Waals surface area (Å²) in [6.07, 6.45) is 0.00760. The van der Waals surface area contributed by atoms with Gasteiger partial charge in [0.25, 0.3) is 0 Å². The summed E-state index contributed by atoms with van der Waals surface area (Å²) in [6, 6.07) is 9.22. The zero-order valence-electron chi connectivity index (χ0n) is 13.9. The van der Waals surface area contributed by atoms with Gasteiger partial charge in [0.15, 0.2) is 0 Å². The zero-order chi connectivity index (χ0) is 16.5. The zero-order valence-corrected chi connectivity index (χ0v) is 13.9. The van der Waals surface area contributed by atoms with E-state index < -0.39 is 5.92 Å². The van der Waals surface area contributed by atoms with E-state index in [2.05, 4.69) is 0 Å². The van der Waals surface area contributed by atoms with Crippen molar-refractivity contribution in [1.29, 1.82) is 0 Å². The predicted octanol–water partition coefficient (Wildman–Crippen LogP) is 4.19. The third-order valence-electron chi connectivity index (χ3n) is 2.99. The molecule has 23 heavy (non-hydrogen) atoms. The molecule has 0 aliphatic carbocycles. The maximum absolute atomic E-state index is 12.3. The molecule has 1 unspecified atom stereocenters. The Morgan fingerprint density at radius 1 is 0.913 bits per heavy atom. The van der Waals surface area contributed by atoms with Crippen LogP contribution in [0.5, 0.6) is 0 Å². The average Bonchev–Trinajstić information content (AvgIpc) is 2.49. The number of esters is 2. The Kier molecular flexibility index (Phi) is 9.95. The smallest absolute Gasteiger partial charge is 0.314 e. The van der Waals surface area contributed by atoms with Crippen LogP contribution in [0, 0.1) is 11.8 Å². The van der Waals surface area contributed by atoms with Gasteiger partial charge in [-0.1, -0.05) is 65.5 Å². The molecule has 0 radical (unpaired) electrons. The van der Waals surface area contributed by atoms with Crippen LogP contribution in [0.15, 0.2) is 30.3 Å². The maximum Gasteiger partial charge on any atom is 0.314 e. The lowest BCUT2D eigenvalue weighted by atomic mass is 9.96. The number of ether oxygens (including phenoxy) is 2. The Morgan fingerprint density at radius 3 is 1.96 bits per heavy atom. The highest BCUT2D eigenvalue weighted by Gasteiger charge is 2.26. The van der Waals surface area contributed by atoms with Gasteiger partial charge >= 0.3 is 11.9 Å². The van der Waals surface area contributed by atoms with E-state index in [-0.39, 0.29) is 37.6 Å². The van der Waals surface area contributed by atoms with Gasteiger partial charge in [-0.3, -0.25) is 9.59 Å². The number of carbonyl (C=O) groups is 2. The predicted molar refractivity (Wildman–Crippen MR) is 92.1 cm³/mol. The highest BCUT2D eigenvalue weighted by Crippen LogP contribution is 2.22. The van der Waals surface area contributed by atoms with Crippen LogP contribution in [0.4, 0.5) is 0 Å². The standard InChI is InChI=1S/C18H26O4.CH4/c1-13(2)11-21-17(19)10-16(15-8-6-5-7-9-15)18(20)22-12-14(3)4;/h5-9,13-14,16H,10-12H2,1-4H3;1H4. The number of carbonyl (C=O) groups excluding carboxylic acids is 2. The summed E-state index contributed by atoms with van der Waals surface area (Å²) < 4.78 is 10.5. The molecule has 0 fully saturated rings. The van der Waals surface area contributed by atoms with Gasteiger partial charge in [-0.15, -0.1) is 0 Å². The van der Waals surface area contributed by atoms with Crippen LogP contribution < -0.4 is 0 Å². The van der Waals surface area contributed by atoms with E-state index in [9.17, 15) is 9.59 Å². The highest BCUT2D eigenvalue weighted by molar-refractivity contribution is 5.84. The van der Waals surface area contributed by atoms with E-state index in [1.807, 2.05) is 58.0 Å². The largest absolute Gasteiger partial charge is 0.465 e. The first kappa shape index (κ1) is 21.2. The highest BCUT2D eigenvalue weighted by atomic mass is 16.5. The number of benzene rings is 1. The van der Waals surface area contributed by atoms with E-state index >= 15 is 0 Å². The quantitative estimate of drug-likeness (QED) is 0.673. The van der Waals surface area contributed by atoms with Gasteiger partial charge in [0, 0.05) is 0 Å². The molecular formula is C19H30O4. The molecule has 4 nitrogen and oxygen atoms in total. The molecule has 0 spiro atoms. The lowest BCUT2D eigenvalue weighted by Crippen LogP contribution is -2.22. The lowest BCUT2D eigenvalue weighted by Gasteiger charge is -2.17. The van der Waals surface area contributed by atoms with Crippen LogP contribution in [0.3, 0.4) is 0 Å². The molecule has 4 heteroatoms. The first-order valence-electron chi connectivity index (χ1n) is 7.77. The van der Waals surface area contributed by atoms with Crippen molar-refractivity contribution in [1.82, 2.24) is 0 Å². The van der Waals surface area contributed by atoms with Crippen LogP contribution in [0.2, 0.25) is 0 Å². The van der Waals surface area contributed by atoms with E-state index in [1.54, 1.807) is 0 Å². The second-order valence-corrected chi connectivity index (χ2v) is 6.27. The Labute approximate surface area is 140 Å². The lowest BCUT2D eigenvalue weighted by molar-refractivity contribution is -0.153. The fraction of sp³-hybridized carbons (Fsp3) is 0.579. The average molecular weight is 322 g/mol. The van der Waals surface area contributed by atoms with Crippen molar-refractivity contribution in [2.24, 2.45) is 11.8 Å². The molecule has 0 saturated carbocycles. The summed E-state index contributed by atoms with van der Waals surface area (Å²) in [5, 5.41) is 0. The summed E-state index contributed by atoms with van der Waals surface area (Å²) >= 11 is 0. The Hall–Kier alpha value is -1.84. The third kappa shape index (κ3) is 8.38. The van der Waals surface area contributed by atoms with Crippen molar-refractivity contribution in [3.05, 3.63) is 35.9 Å². The minimum absolute atomic E-state index is 0. The summed E-state index contributed by atoms with van der Waals surface area (Å²) in [5.74, 6) is -0.828.